The Hall–Kier alpha value is -2.48. The molecular formula is C19H24N4O3S. The minimum Gasteiger partial charge on any atom is -0.477 e. The zero-order valence-corrected chi connectivity index (χ0v) is 16.4. The Morgan fingerprint density at radius 3 is 2.48 bits per heavy atom. The highest BCUT2D eigenvalue weighted by molar-refractivity contribution is 7.13. The summed E-state index contributed by atoms with van der Waals surface area (Å²) in [6.07, 6.45) is 6.46. The summed E-state index contributed by atoms with van der Waals surface area (Å²) in [4.78, 5) is 34.8. The van der Waals surface area contributed by atoms with E-state index in [1.165, 1.54) is 25.7 Å². The molecule has 0 saturated carbocycles. The number of carbonyl (C=O) groups is 2. The van der Waals surface area contributed by atoms with Gasteiger partial charge in [0, 0.05) is 19.3 Å². The number of carboxylic acid groups (broad SMARTS) is 1. The van der Waals surface area contributed by atoms with Crippen LogP contribution in [0.3, 0.4) is 0 Å². The molecule has 1 saturated heterocycles. The largest absolute Gasteiger partial charge is 0.477 e. The SMILES string of the molecule is Cc1nc(C(C)NC(=O)c2ccc(N3CCCCCC3)nc2)sc1C(=O)O. The lowest BCUT2D eigenvalue weighted by Gasteiger charge is -2.21. The molecule has 0 spiro atoms. The average Bonchev–Trinajstić information content (AvgIpc) is 2.87. The lowest BCUT2D eigenvalue weighted by molar-refractivity contribution is 0.0701. The first-order valence-electron chi connectivity index (χ1n) is 9.18. The number of hydrogen-bond acceptors (Lipinski definition) is 6. The van der Waals surface area contributed by atoms with E-state index in [2.05, 4.69) is 20.2 Å². The van der Waals surface area contributed by atoms with E-state index in [-0.39, 0.29) is 16.8 Å². The topological polar surface area (TPSA) is 95.4 Å². The molecule has 0 radical (unpaired) electrons. The monoisotopic (exact) mass is 388 g/mol. The molecule has 1 fully saturated rings. The summed E-state index contributed by atoms with van der Waals surface area (Å²) in [5.74, 6) is -0.339. The molecular weight excluding hydrogens is 364 g/mol. The first-order valence-corrected chi connectivity index (χ1v) is 10.00. The highest BCUT2D eigenvalue weighted by Crippen LogP contribution is 2.24. The maximum atomic E-state index is 12.5. The maximum absolute atomic E-state index is 12.5. The van der Waals surface area contributed by atoms with Gasteiger partial charge in [0.25, 0.3) is 5.91 Å². The van der Waals surface area contributed by atoms with E-state index in [0.717, 1.165) is 30.2 Å². The van der Waals surface area contributed by atoms with E-state index in [0.29, 0.717) is 16.3 Å². The van der Waals surface area contributed by atoms with E-state index in [9.17, 15) is 9.59 Å². The van der Waals surface area contributed by atoms with E-state index >= 15 is 0 Å². The molecule has 7 nitrogen and oxygen atoms in total. The van der Waals surface area contributed by atoms with Gasteiger partial charge in [-0.25, -0.2) is 14.8 Å². The molecule has 1 amide bonds. The van der Waals surface area contributed by atoms with Gasteiger partial charge in [-0.15, -0.1) is 11.3 Å². The fourth-order valence-corrected chi connectivity index (χ4v) is 4.06. The number of pyridine rings is 1. The molecule has 144 valence electrons. The number of carbonyl (C=O) groups excluding carboxylic acids is 1. The van der Waals surface area contributed by atoms with Crippen molar-refractivity contribution in [3.63, 3.8) is 0 Å². The molecule has 2 aromatic heterocycles. The van der Waals surface area contributed by atoms with Crippen molar-refractivity contribution in [3.05, 3.63) is 39.5 Å². The fraction of sp³-hybridized carbons (Fsp3) is 0.474. The van der Waals surface area contributed by atoms with Gasteiger partial charge in [0.1, 0.15) is 15.7 Å². The van der Waals surface area contributed by atoms with E-state index in [4.69, 9.17) is 5.11 Å². The minimum atomic E-state index is -0.997. The number of hydrogen-bond donors (Lipinski definition) is 2. The highest BCUT2D eigenvalue weighted by atomic mass is 32.1. The van der Waals surface area contributed by atoms with Crippen molar-refractivity contribution in [1.29, 1.82) is 0 Å². The van der Waals surface area contributed by atoms with Gasteiger partial charge < -0.3 is 15.3 Å². The summed E-state index contributed by atoms with van der Waals surface area (Å²) in [7, 11) is 0. The fourth-order valence-electron chi connectivity index (χ4n) is 3.15. The van der Waals surface area contributed by atoms with Crippen molar-refractivity contribution >= 4 is 29.0 Å². The quantitative estimate of drug-likeness (QED) is 0.815. The second-order valence-corrected chi connectivity index (χ2v) is 7.80. The highest BCUT2D eigenvalue weighted by Gasteiger charge is 2.20. The normalized spacial score (nSPS) is 15.9. The van der Waals surface area contributed by atoms with E-state index in [1.54, 1.807) is 26.1 Å². The number of carboxylic acids is 1. The molecule has 1 atom stereocenters. The number of anilines is 1. The van der Waals surface area contributed by atoms with E-state index in [1.807, 2.05) is 6.07 Å². The summed E-state index contributed by atoms with van der Waals surface area (Å²) in [5, 5.41) is 12.6. The van der Waals surface area contributed by atoms with Crippen molar-refractivity contribution < 1.29 is 14.7 Å². The molecule has 0 bridgehead atoms. The summed E-state index contributed by atoms with van der Waals surface area (Å²) in [5.41, 5.74) is 0.944. The molecule has 1 aliphatic rings. The first-order chi connectivity index (χ1) is 13.0. The molecule has 3 rings (SSSR count). The van der Waals surface area contributed by atoms with Gasteiger partial charge in [0.15, 0.2) is 0 Å². The standard InChI is InChI=1S/C19H24N4O3S/c1-12-16(19(25)26)27-18(22-12)13(2)21-17(24)14-7-8-15(20-11-14)23-9-5-3-4-6-10-23/h7-8,11,13H,3-6,9-10H2,1-2H3,(H,21,24)(H,25,26). The number of rotatable bonds is 5. The number of aromatic nitrogens is 2. The third-order valence-corrected chi connectivity index (χ3v) is 5.99. The van der Waals surface area contributed by atoms with Crippen LogP contribution < -0.4 is 10.2 Å². The van der Waals surface area contributed by atoms with Crippen LogP contribution in [-0.2, 0) is 0 Å². The van der Waals surface area contributed by atoms with Gasteiger partial charge in [-0.3, -0.25) is 4.79 Å². The Balaban J connectivity index is 1.65. The summed E-state index contributed by atoms with van der Waals surface area (Å²) in [6.45, 7) is 5.46. The predicted molar refractivity (Wildman–Crippen MR) is 105 cm³/mol. The second-order valence-electron chi connectivity index (χ2n) is 6.77. The molecule has 3 heterocycles. The molecule has 1 aliphatic heterocycles. The summed E-state index contributed by atoms with van der Waals surface area (Å²) < 4.78 is 0. The molecule has 2 aromatic rings. The van der Waals surface area contributed by atoms with Gasteiger partial charge >= 0.3 is 5.97 Å². The third kappa shape index (κ3) is 4.63. The van der Waals surface area contributed by atoms with Gasteiger partial charge in [-0.2, -0.15) is 0 Å². The van der Waals surface area contributed by atoms with Crippen LogP contribution in [0, 0.1) is 6.92 Å². The van der Waals surface area contributed by atoms with Crippen LogP contribution in [0.1, 0.15) is 69.4 Å². The lowest BCUT2D eigenvalue weighted by Crippen LogP contribution is -2.27. The third-order valence-electron chi connectivity index (χ3n) is 4.67. The minimum absolute atomic E-state index is 0.203. The van der Waals surface area contributed by atoms with Crippen molar-refractivity contribution in [1.82, 2.24) is 15.3 Å². The van der Waals surface area contributed by atoms with Crippen molar-refractivity contribution in [2.45, 2.75) is 45.6 Å². The van der Waals surface area contributed by atoms with Crippen LogP contribution in [0.25, 0.3) is 0 Å². The van der Waals surface area contributed by atoms with Crippen LogP contribution in [0.15, 0.2) is 18.3 Å². The Bertz CT molecular complexity index is 811. The van der Waals surface area contributed by atoms with Crippen molar-refractivity contribution in [2.75, 3.05) is 18.0 Å². The van der Waals surface area contributed by atoms with Crippen LogP contribution in [0.5, 0.6) is 0 Å². The average molecular weight is 388 g/mol. The van der Waals surface area contributed by atoms with Gasteiger partial charge in [-0.1, -0.05) is 12.8 Å². The summed E-state index contributed by atoms with van der Waals surface area (Å²) in [6, 6.07) is 3.30. The lowest BCUT2D eigenvalue weighted by atomic mass is 10.2. The van der Waals surface area contributed by atoms with Crippen LogP contribution in [-0.4, -0.2) is 40.0 Å². The number of nitrogens with one attached hydrogen (secondary N) is 1. The zero-order valence-electron chi connectivity index (χ0n) is 15.6. The number of thiazole rings is 1. The Morgan fingerprint density at radius 1 is 1.22 bits per heavy atom. The smallest absolute Gasteiger partial charge is 0.347 e. The number of nitrogens with zero attached hydrogens (tertiary/aromatic N) is 3. The maximum Gasteiger partial charge on any atom is 0.347 e. The van der Waals surface area contributed by atoms with Crippen LogP contribution in [0.4, 0.5) is 5.82 Å². The van der Waals surface area contributed by atoms with Crippen molar-refractivity contribution in [3.8, 4) is 0 Å². The van der Waals surface area contributed by atoms with Crippen LogP contribution in [0.2, 0.25) is 0 Å². The Kier molecular flexibility index (Phi) is 6.05. The zero-order chi connectivity index (χ0) is 19.4. The van der Waals surface area contributed by atoms with Gasteiger partial charge in [0.05, 0.1) is 17.3 Å². The molecule has 0 aliphatic carbocycles. The molecule has 1 unspecified atom stereocenters. The van der Waals surface area contributed by atoms with E-state index < -0.39 is 5.97 Å². The van der Waals surface area contributed by atoms with Crippen molar-refractivity contribution in [2.24, 2.45) is 0 Å². The molecule has 0 aromatic carbocycles. The van der Waals surface area contributed by atoms with Crippen LogP contribution >= 0.6 is 11.3 Å². The van der Waals surface area contributed by atoms with Gasteiger partial charge in [0.2, 0.25) is 0 Å². The number of amides is 1. The summed E-state index contributed by atoms with van der Waals surface area (Å²) >= 11 is 1.09. The number of aromatic carboxylic acids is 1. The molecule has 8 heteroatoms. The Morgan fingerprint density at radius 2 is 1.93 bits per heavy atom. The Labute approximate surface area is 162 Å². The molecule has 2 N–H and O–H groups in total. The van der Waals surface area contributed by atoms with Gasteiger partial charge in [-0.05, 0) is 38.8 Å². The second kappa shape index (κ2) is 8.47. The predicted octanol–water partition coefficient (Wildman–Crippen LogP) is 3.42. The number of aryl methyl sites for hydroxylation is 1. The molecule has 27 heavy (non-hydrogen) atoms. The first kappa shape index (κ1) is 19.3.